The zero-order chi connectivity index (χ0) is 16.4. The number of carbonyl (C=O) groups is 2. The first kappa shape index (κ1) is 16.2. The van der Waals surface area contributed by atoms with E-state index in [4.69, 9.17) is 4.74 Å². The molecule has 1 aliphatic carbocycles. The third-order valence-electron chi connectivity index (χ3n) is 4.39. The summed E-state index contributed by atoms with van der Waals surface area (Å²) in [4.78, 5) is 24.2. The third-order valence-corrected chi connectivity index (χ3v) is 5.50. The summed E-state index contributed by atoms with van der Waals surface area (Å²) >= 11 is 1.58. The quantitative estimate of drug-likeness (QED) is 0.682. The summed E-state index contributed by atoms with van der Waals surface area (Å²) in [7, 11) is 1.61. The van der Waals surface area contributed by atoms with Crippen molar-refractivity contribution in [3.8, 4) is 0 Å². The van der Waals surface area contributed by atoms with E-state index in [0.29, 0.717) is 11.3 Å². The lowest BCUT2D eigenvalue weighted by atomic mass is 9.98. The van der Waals surface area contributed by atoms with E-state index < -0.39 is 0 Å². The fraction of sp³-hybridized carbons (Fsp3) is 0.529. The summed E-state index contributed by atoms with van der Waals surface area (Å²) in [6.45, 7) is 1.92. The number of thioether (sulfide) groups is 1. The highest BCUT2D eigenvalue weighted by atomic mass is 32.2. The second-order valence-electron chi connectivity index (χ2n) is 6.07. The Morgan fingerprint density at radius 2 is 2.09 bits per heavy atom. The highest BCUT2D eigenvalue weighted by Gasteiger charge is 2.29. The van der Waals surface area contributed by atoms with Crippen LogP contribution in [-0.4, -0.2) is 35.3 Å². The average molecular weight is 334 g/mol. The van der Waals surface area contributed by atoms with Gasteiger partial charge in [0.1, 0.15) is 6.10 Å². The molecule has 1 saturated carbocycles. The number of nitrogens with zero attached hydrogens (tertiary/aromatic N) is 1. The molecule has 0 saturated heterocycles. The molecule has 6 heteroatoms. The number of carbonyl (C=O) groups excluding carboxylic acids is 2. The van der Waals surface area contributed by atoms with Gasteiger partial charge in [0.25, 0.3) is 0 Å². The molecule has 5 nitrogen and oxygen atoms in total. The number of fused-ring (bicyclic) bond motifs is 1. The van der Waals surface area contributed by atoms with Crippen LogP contribution in [0.4, 0.5) is 0 Å². The van der Waals surface area contributed by atoms with Crippen LogP contribution in [0.1, 0.15) is 48.0 Å². The number of hydrogen-bond acceptors (Lipinski definition) is 4. The molecule has 0 bridgehead atoms. The number of ether oxygens (including phenoxy) is 1. The molecule has 1 amide bonds. The van der Waals surface area contributed by atoms with E-state index in [-0.39, 0.29) is 18.0 Å². The van der Waals surface area contributed by atoms with Gasteiger partial charge in [-0.3, -0.25) is 4.79 Å². The van der Waals surface area contributed by atoms with Crippen LogP contribution in [0, 0.1) is 6.92 Å². The van der Waals surface area contributed by atoms with E-state index in [1.54, 1.807) is 24.9 Å². The normalized spacial score (nSPS) is 19.7. The topological polar surface area (TPSA) is 60.3 Å². The largest absolute Gasteiger partial charge is 0.459 e. The molecule has 1 N–H and O–H groups in total. The van der Waals surface area contributed by atoms with Gasteiger partial charge in [-0.1, -0.05) is 6.42 Å². The number of aryl methyl sites for hydroxylation is 1. The van der Waals surface area contributed by atoms with Crippen LogP contribution in [0.3, 0.4) is 0 Å². The van der Waals surface area contributed by atoms with Crippen molar-refractivity contribution < 1.29 is 14.3 Å². The van der Waals surface area contributed by atoms with Gasteiger partial charge in [0.05, 0.1) is 10.6 Å². The van der Waals surface area contributed by atoms with Crippen LogP contribution in [0.5, 0.6) is 0 Å². The highest BCUT2D eigenvalue weighted by molar-refractivity contribution is 8.00. The Balaban J connectivity index is 1.82. The minimum atomic E-state index is -0.225. The van der Waals surface area contributed by atoms with Crippen LogP contribution in [-0.2, 0) is 9.53 Å². The average Bonchev–Trinajstić information content (AvgIpc) is 3.06. The number of aromatic nitrogens is 1. The molecule has 3 rings (SSSR count). The number of likely N-dealkylation sites (N-methyl/N-ethyl adjacent to an activating group) is 1. The SMILES string of the molecule is CNC(=O)C=C1CSc2c(C(=O)OC3CCCCC3)c(C)cn21. The first-order valence-corrected chi connectivity index (χ1v) is 9.07. The maximum absolute atomic E-state index is 12.6. The predicted octanol–water partition coefficient (Wildman–Crippen LogP) is 2.98. The minimum absolute atomic E-state index is 0.0542. The van der Waals surface area contributed by atoms with Crippen molar-refractivity contribution in [2.45, 2.75) is 50.2 Å². The lowest BCUT2D eigenvalue weighted by Gasteiger charge is -2.21. The molecule has 0 atom stereocenters. The Bertz CT molecular complexity index is 657. The minimum Gasteiger partial charge on any atom is -0.459 e. The molecular weight excluding hydrogens is 312 g/mol. The molecule has 2 aliphatic rings. The molecule has 2 heterocycles. The monoisotopic (exact) mass is 334 g/mol. The van der Waals surface area contributed by atoms with E-state index in [9.17, 15) is 9.59 Å². The molecule has 1 aromatic heterocycles. The van der Waals surface area contributed by atoms with Gasteiger partial charge in [-0.2, -0.15) is 0 Å². The molecule has 0 aromatic carbocycles. The zero-order valence-corrected chi connectivity index (χ0v) is 14.4. The number of rotatable bonds is 3. The van der Waals surface area contributed by atoms with Crippen molar-refractivity contribution in [3.05, 3.63) is 23.4 Å². The van der Waals surface area contributed by atoms with E-state index in [1.165, 1.54) is 6.42 Å². The number of hydrogen-bond donors (Lipinski definition) is 1. The van der Waals surface area contributed by atoms with E-state index in [2.05, 4.69) is 5.32 Å². The van der Waals surface area contributed by atoms with Crippen molar-refractivity contribution >= 4 is 29.3 Å². The van der Waals surface area contributed by atoms with Crippen LogP contribution < -0.4 is 5.32 Å². The molecule has 0 unspecified atom stereocenters. The number of esters is 1. The maximum atomic E-state index is 12.6. The van der Waals surface area contributed by atoms with Crippen LogP contribution in [0.25, 0.3) is 5.70 Å². The second kappa shape index (κ2) is 6.83. The van der Waals surface area contributed by atoms with Gasteiger partial charge in [-0.15, -0.1) is 11.8 Å². The van der Waals surface area contributed by atoms with Crippen LogP contribution in [0.2, 0.25) is 0 Å². The van der Waals surface area contributed by atoms with Crippen molar-refractivity contribution in [2.75, 3.05) is 12.8 Å². The van der Waals surface area contributed by atoms with Gasteiger partial charge in [-0.25, -0.2) is 4.79 Å². The first-order valence-electron chi connectivity index (χ1n) is 8.08. The van der Waals surface area contributed by atoms with Crippen LogP contribution >= 0.6 is 11.8 Å². The first-order chi connectivity index (χ1) is 11.1. The summed E-state index contributed by atoms with van der Waals surface area (Å²) in [6, 6.07) is 0. The van der Waals surface area contributed by atoms with E-state index in [1.807, 2.05) is 17.7 Å². The molecule has 124 valence electrons. The Kier molecular flexibility index (Phi) is 4.80. The number of amides is 1. The Labute approximate surface area is 140 Å². The summed E-state index contributed by atoms with van der Waals surface area (Å²) in [5.74, 6) is 0.329. The van der Waals surface area contributed by atoms with Crippen molar-refractivity contribution in [1.82, 2.24) is 9.88 Å². The van der Waals surface area contributed by atoms with Crippen molar-refractivity contribution in [1.29, 1.82) is 0 Å². The summed E-state index contributed by atoms with van der Waals surface area (Å²) in [5, 5.41) is 3.48. The molecule has 1 fully saturated rings. The van der Waals surface area contributed by atoms with Crippen LogP contribution in [0.15, 0.2) is 17.3 Å². The van der Waals surface area contributed by atoms with Gasteiger partial charge in [0.2, 0.25) is 5.91 Å². The molecule has 23 heavy (non-hydrogen) atoms. The predicted molar refractivity (Wildman–Crippen MR) is 90.5 cm³/mol. The molecular formula is C17H22N2O3S. The molecule has 1 aliphatic heterocycles. The standard InChI is InChI=1S/C17H22N2O3S/c1-11-9-19-12(8-14(20)18-2)10-23-16(19)15(11)17(21)22-13-6-4-3-5-7-13/h8-9,13H,3-7,10H2,1-2H3,(H,18,20). The molecule has 0 radical (unpaired) electrons. The van der Waals surface area contributed by atoms with Gasteiger partial charge < -0.3 is 14.6 Å². The summed E-state index contributed by atoms with van der Waals surface area (Å²) < 4.78 is 7.65. The summed E-state index contributed by atoms with van der Waals surface area (Å²) in [5.41, 5.74) is 2.45. The Hall–Kier alpha value is -1.69. The van der Waals surface area contributed by atoms with E-state index in [0.717, 1.165) is 42.0 Å². The lowest BCUT2D eigenvalue weighted by molar-refractivity contribution is -0.116. The maximum Gasteiger partial charge on any atom is 0.341 e. The third kappa shape index (κ3) is 3.32. The molecule has 1 aromatic rings. The summed E-state index contributed by atoms with van der Waals surface area (Å²) in [6.07, 6.45) is 9.00. The molecule has 0 spiro atoms. The van der Waals surface area contributed by atoms with Crippen molar-refractivity contribution in [3.63, 3.8) is 0 Å². The lowest BCUT2D eigenvalue weighted by Crippen LogP contribution is -2.21. The van der Waals surface area contributed by atoms with Crippen molar-refractivity contribution in [2.24, 2.45) is 0 Å². The smallest absolute Gasteiger partial charge is 0.341 e. The number of nitrogens with one attached hydrogen (secondary N) is 1. The van der Waals surface area contributed by atoms with E-state index >= 15 is 0 Å². The van der Waals surface area contributed by atoms with Gasteiger partial charge in [0, 0.05) is 30.8 Å². The fourth-order valence-electron chi connectivity index (χ4n) is 3.15. The fourth-order valence-corrected chi connectivity index (χ4v) is 4.35. The highest BCUT2D eigenvalue weighted by Crippen LogP contribution is 2.38. The zero-order valence-electron chi connectivity index (χ0n) is 13.6. The Morgan fingerprint density at radius 3 is 2.78 bits per heavy atom. The second-order valence-corrected chi connectivity index (χ2v) is 7.03. The van der Waals surface area contributed by atoms with Gasteiger partial charge in [-0.05, 0) is 38.2 Å². The van der Waals surface area contributed by atoms with Gasteiger partial charge in [0.15, 0.2) is 0 Å². The van der Waals surface area contributed by atoms with Gasteiger partial charge >= 0.3 is 5.97 Å². The Morgan fingerprint density at radius 1 is 1.35 bits per heavy atom.